The van der Waals surface area contributed by atoms with Crippen molar-refractivity contribution in [3.8, 4) is 23.4 Å². The molecule has 1 aliphatic rings. The van der Waals surface area contributed by atoms with Crippen LogP contribution < -0.4 is 15.0 Å². The first-order valence-corrected chi connectivity index (χ1v) is 8.36. The van der Waals surface area contributed by atoms with E-state index < -0.39 is 5.56 Å². The molecular formula is C19H19N3O5. The van der Waals surface area contributed by atoms with Crippen LogP contribution in [0.25, 0.3) is 0 Å². The lowest BCUT2D eigenvalue weighted by atomic mass is 10.1. The second kappa shape index (κ2) is 7.93. The molecule has 0 spiro atoms. The van der Waals surface area contributed by atoms with Crippen molar-refractivity contribution >= 4 is 11.9 Å². The molecule has 0 saturated heterocycles. The molecule has 1 aromatic heterocycles. The number of rotatable bonds is 5. The van der Waals surface area contributed by atoms with Gasteiger partial charge in [-0.25, -0.2) is 0 Å². The summed E-state index contributed by atoms with van der Waals surface area (Å²) in [6, 6.07) is 7.14. The molecule has 2 aromatic rings. The summed E-state index contributed by atoms with van der Waals surface area (Å²) < 4.78 is 17.1. The standard InChI is InChI=1S/C19H19N3O5/c1-12-14(10-20)18(23)22(5-6-25-2)19(24)15(12)11-21-13-3-4-16-17(9-13)27-8-7-26-16/h3-4,9,11,24H,5-8H2,1-2H3. The van der Waals surface area contributed by atoms with Gasteiger partial charge in [0, 0.05) is 19.4 Å². The molecule has 0 fully saturated rings. The second-order valence-electron chi connectivity index (χ2n) is 5.88. The molecule has 0 bridgehead atoms. The Labute approximate surface area is 155 Å². The molecule has 1 N–H and O–H groups in total. The number of nitriles is 1. The van der Waals surface area contributed by atoms with Crippen LogP contribution >= 0.6 is 0 Å². The highest BCUT2D eigenvalue weighted by molar-refractivity contribution is 5.87. The van der Waals surface area contributed by atoms with E-state index in [2.05, 4.69) is 4.99 Å². The van der Waals surface area contributed by atoms with E-state index in [4.69, 9.17) is 14.2 Å². The number of methoxy groups -OCH3 is 1. The normalized spacial score (nSPS) is 12.9. The first kappa shape index (κ1) is 18.5. The van der Waals surface area contributed by atoms with Crippen LogP contribution in [0.15, 0.2) is 28.0 Å². The molecule has 8 heteroatoms. The van der Waals surface area contributed by atoms with E-state index >= 15 is 0 Å². The topological polar surface area (TPSA) is 106 Å². The largest absolute Gasteiger partial charge is 0.494 e. The highest BCUT2D eigenvalue weighted by atomic mass is 16.6. The highest BCUT2D eigenvalue weighted by Gasteiger charge is 2.18. The minimum atomic E-state index is -0.555. The summed E-state index contributed by atoms with van der Waals surface area (Å²) >= 11 is 0. The lowest BCUT2D eigenvalue weighted by molar-refractivity contribution is 0.171. The van der Waals surface area contributed by atoms with Gasteiger partial charge >= 0.3 is 0 Å². The zero-order chi connectivity index (χ0) is 19.4. The Hall–Kier alpha value is -3.31. The summed E-state index contributed by atoms with van der Waals surface area (Å²) in [7, 11) is 1.49. The number of benzene rings is 1. The van der Waals surface area contributed by atoms with Crippen LogP contribution in [-0.2, 0) is 11.3 Å². The smallest absolute Gasteiger partial charge is 0.271 e. The molecule has 3 rings (SSSR count). The average molecular weight is 369 g/mol. The summed E-state index contributed by atoms with van der Waals surface area (Å²) in [4.78, 5) is 16.7. The number of aliphatic imine (C=N–C) groups is 1. The van der Waals surface area contributed by atoms with Gasteiger partial charge in [-0.3, -0.25) is 14.4 Å². The molecule has 27 heavy (non-hydrogen) atoms. The number of hydrogen-bond acceptors (Lipinski definition) is 7. The predicted octanol–water partition coefficient (Wildman–Crippen LogP) is 1.90. The molecule has 0 radical (unpaired) electrons. The molecule has 0 unspecified atom stereocenters. The van der Waals surface area contributed by atoms with Crippen LogP contribution in [0.3, 0.4) is 0 Å². The molecule has 1 aromatic carbocycles. The minimum absolute atomic E-state index is 0.0347. The van der Waals surface area contributed by atoms with E-state index in [0.29, 0.717) is 41.5 Å². The van der Waals surface area contributed by atoms with Gasteiger partial charge in [-0.15, -0.1) is 0 Å². The fraction of sp³-hybridized carbons (Fsp3) is 0.316. The van der Waals surface area contributed by atoms with Crippen molar-refractivity contribution in [3.63, 3.8) is 0 Å². The lowest BCUT2D eigenvalue weighted by Gasteiger charge is -2.18. The molecule has 0 atom stereocenters. The second-order valence-corrected chi connectivity index (χ2v) is 5.88. The quantitative estimate of drug-likeness (QED) is 0.807. The van der Waals surface area contributed by atoms with Gasteiger partial charge in [0.25, 0.3) is 5.56 Å². The van der Waals surface area contributed by atoms with E-state index in [1.807, 2.05) is 6.07 Å². The molecule has 140 valence electrons. The first-order chi connectivity index (χ1) is 13.1. The Morgan fingerprint density at radius 3 is 2.81 bits per heavy atom. The van der Waals surface area contributed by atoms with E-state index in [9.17, 15) is 15.2 Å². The molecular weight excluding hydrogens is 350 g/mol. The van der Waals surface area contributed by atoms with Crippen LogP contribution in [0.5, 0.6) is 17.4 Å². The third-order valence-corrected chi connectivity index (χ3v) is 4.23. The Morgan fingerprint density at radius 1 is 1.37 bits per heavy atom. The van der Waals surface area contributed by atoms with Gasteiger partial charge in [0.2, 0.25) is 5.88 Å². The fourth-order valence-corrected chi connectivity index (χ4v) is 2.77. The fourth-order valence-electron chi connectivity index (χ4n) is 2.77. The van der Waals surface area contributed by atoms with Gasteiger partial charge in [-0.2, -0.15) is 5.26 Å². The van der Waals surface area contributed by atoms with Crippen LogP contribution in [0, 0.1) is 18.3 Å². The van der Waals surface area contributed by atoms with E-state index in [1.165, 1.54) is 13.3 Å². The van der Waals surface area contributed by atoms with Crippen molar-refractivity contribution in [1.29, 1.82) is 5.26 Å². The van der Waals surface area contributed by atoms with Crippen molar-refractivity contribution in [2.45, 2.75) is 13.5 Å². The van der Waals surface area contributed by atoms with Crippen LogP contribution in [0.2, 0.25) is 0 Å². The van der Waals surface area contributed by atoms with Crippen molar-refractivity contribution in [2.75, 3.05) is 26.9 Å². The van der Waals surface area contributed by atoms with Crippen molar-refractivity contribution in [3.05, 3.63) is 45.2 Å². The molecule has 0 aliphatic carbocycles. The van der Waals surface area contributed by atoms with Gasteiger partial charge in [-0.1, -0.05) is 0 Å². The summed E-state index contributed by atoms with van der Waals surface area (Å²) in [6.07, 6.45) is 1.43. The number of fused-ring (bicyclic) bond motifs is 1. The van der Waals surface area contributed by atoms with Gasteiger partial charge < -0.3 is 19.3 Å². The molecule has 0 saturated carbocycles. The van der Waals surface area contributed by atoms with Gasteiger partial charge in [-0.05, 0) is 24.6 Å². The minimum Gasteiger partial charge on any atom is -0.494 e. The number of hydrogen-bond donors (Lipinski definition) is 1. The van der Waals surface area contributed by atoms with Gasteiger partial charge in [0.1, 0.15) is 24.8 Å². The third kappa shape index (κ3) is 3.64. The van der Waals surface area contributed by atoms with Crippen molar-refractivity contribution in [2.24, 2.45) is 4.99 Å². The summed E-state index contributed by atoms with van der Waals surface area (Å²) in [5, 5.41) is 19.9. The predicted molar refractivity (Wildman–Crippen MR) is 98.4 cm³/mol. The maximum absolute atomic E-state index is 12.4. The number of aromatic hydroxyl groups is 1. The number of nitrogens with zero attached hydrogens (tertiary/aromatic N) is 3. The number of ether oxygens (including phenoxy) is 3. The molecule has 0 amide bonds. The molecule has 8 nitrogen and oxygen atoms in total. The summed E-state index contributed by atoms with van der Waals surface area (Å²) in [6.45, 7) is 2.92. The van der Waals surface area contributed by atoms with Crippen LogP contribution in [-0.4, -0.2) is 42.8 Å². The van der Waals surface area contributed by atoms with Gasteiger partial charge in [0.15, 0.2) is 11.5 Å². The first-order valence-electron chi connectivity index (χ1n) is 8.36. The van der Waals surface area contributed by atoms with E-state index in [1.54, 1.807) is 25.1 Å². The van der Waals surface area contributed by atoms with Crippen molar-refractivity contribution < 1.29 is 19.3 Å². The SMILES string of the molecule is COCCn1c(O)c(C=Nc2ccc3c(c2)OCCO3)c(C)c(C#N)c1=O. The Balaban J connectivity index is 2.02. The average Bonchev–Trinajstić information content (AvgIpc) is 2.68. The monoisotopic (exact) mass is 369 g/mol. The number of pyridine rings is 1. The summed E-state index contributed by atoms with van der Waals surface area (Å²) in [5.41, 5.74) is 0.673. The Morgan fingerprint density at radius 2 is 2.11 bits per heavy atom. The lowest BCUT2D eigenvalue weighted by Crippen LogP contribution is -2.26. The maximum Gasteiger partial charge on any atom is 0.271 e. The van der Waals surface area contributed by atoms with Crippen LogP contribution in [0.1, 0.15) is 16.7 Å². The Kier molecular flexibility index (Phi) is 5.43. The van der Waals surface area contributed by atoms with Gasteiger partial charge in [0.05, 0.1) is 24.4 Å². The molecule has 1 aliphatic heterocycles. The van der Waals surface area contributed by atoms with Crippen LogP contribution in [0.4, 0.5) is 5.69 Å². The summed E-state index contributed by atoms with van der Waals surface area (Å²) in [5.74, 6) is 0.994. The third-order valence-electron chi connectivity index (χ3n) is 4.23. The van der Waals surface area contributed by atoms with E-state index in [-0.39, 0.29) is 24.6 Å². The van der Waals surface area contributed by atoms with Crippen molar-refractivity contribution in [1.82, 2.24) is 4.57 Å². The zero-order valence-corrected chi connectivity index (χ0v) is 15.1. The maximum atomic E-state index is 12.4. The number of aromatic nitrogens is 1. The molecule has 2 heterocycles. The highest BCUT2D eigenvalue weighted by Crippen LogP contribution is 2.33. The van der Waals surface area contributed by atoms with E-state index in [0.717, 1.165) is 4.57 Å². The Bertz CT molecular complexity index is 988. The zero-order valence-electron chi connectivity index (χ0n) is 15.1.